The van der Waals surface area contributed by atoms with Gasteiger partial charge in [-0.2, -0.15) is 4.31 Å². The number of para-hydroxylation sites is 1. The number of anilines is 1. The molecule has 0 aliphatic carbocycles. The molecule has 0 saturated carbocycles. The topological polar surface area (TPSA) is 74.8 Å². The molecule has 1 aliphatic rings. The van der Waals surface area contributed by atoms with Crippen LogP contribution in [0.15, 0.2) is 113 Å². The zero-order valence-corrected chi connectivity index (χ0v) is 22.3. The molecule has 0 fully saturated rings. The minimum Gasteiger partial charge on any atom is -0.257 e. The van der Waals surface area contributed by atoms with Crippen molar-refractivity contribution < 1.29 is 16.8 Å². The number of sulfonamides is 2. The lowest BCUT2D eigenvalue weighted by Crippen LogP contribution is -2.41. The Labute approximate surface area is 218 Å². The van der Waals surface area contributed by atoms with Gasteiger partial charge in [0, 0.05) is 13.1 Å². The fraction of sp³-hybridized carbons (Fsp3) is 0.172. The second-order valence-corrected chi connectivity index (χ2v) is 13.0. The Morgan fingerprint density at radius 3 is 1.73 bits per heavy atom. The molecule has 6 nitrogen and oxygen atoms in total. The first-order valence-electron chi connectivity index (χ1n) is 12.0. The summed E-state index contributed by atoms with van der Waals surface area (Å²) in [6.07, 6.45) is 0. The molecule has 8 heteroatoms. The zero-order chi connectivity index (χ0) is 26.2. The van der Waals surface area contributed by atoms with Crippen LogP contribution in [-0.4, -0.2) is 27.7 Å². The molecule has 0 amide bonds. The third-order valence-corrected chi connectivity index (χ3v) is 10.3. The fourth-order valence-corrected chi connectivity index (χ4v) is 7.72. The molecule has 190 valence electrons. The second kappa shape index (κ2) is 9.78. The summed E-state index contributed by atoms with van der Waals surface area (Å²) < 4.78 is 58.9. The largest absolute Gasteiger partial charge is 0.264 e. The molecule has 5 rings (SSSR count). The van der Waals surface area contributed by atoms with Gasteiger partial charge in [-0.1, -0.05) is 83.9 Å². The quantitative estimate of drug-likeness (QED) is 0.343. The van der Waals surface area contributed by atoms with Gasteiger partial charge >= 0.3 is 0 Å². The van der Waals surface area contributed by atoms with Crippen molar-refractivity contribution in [2.45, 2.75) is 36.2 Å². The van der Waals surface area contributed by atoms with E-state index in [1.165, 1.54) is 8.61 Å². The maximum Gasteiger partial charge on any atom is 0.264 e. The van der Waals surface area contributed by atoms with Crippen molar-refractivity contribution in [1.82, 2.24) is 4.31 Å². The van der Waals surface area contributed by atoms with Gasteiger partial charge in [-0.25, -0.2) is 16.8 Å². The Bertz CT molecular complexity index is 1620. The Morgan fingerprint density at radius 2 is 1.14 bits per heavy atom. The highest BCUT2D eigenvalue weighted by Crippen LogP contribution is 2.40. The lowest BCUT2D eigenvalue weighted by molar-refractivity contribution is 0.391. The van der Waals surface area contributed by atoms with Crippen molar-refractivity contribution >= 4 is 25.7 Å². The van der Waals surface area contributed by atoms with Crippen LogP contribution in [0.2, 0.25) is 0 Å². The van der Waals surface area contributed by atoms with Gasteiger partial charge in [0.2, 0.25) is 10.0 Å². The molecule has 1 atom stereocenters. The first kappa shape index (κ1) is 25.2. The van der Waals surface area contributed by atoms with Crippen LogP contribution in [0, 0.1) is 13.8 Å². The van der Waals surface area contributed by atoms with E-state index < -0.39 is 26.1 Å². The van der Waals surface area contributed by atoms with Gasteiger partial charge in [0.05, 0.1) is 21.5 Å². The molecule has 0 N–H and O–H groups in total. The van der Waals surface area contributed by atoms with Crippen LogP contribution >= 0.6 is 0 Å². The van der Waals surface area contributed by atoms with Crippen LogP contribution in [0.4, 0.5) is 5.69 Å². The normalized spacial score (nSPS) is 16.7. The summed E-state index contributed by atoms with van der Waals surface area (Å²) in [5.74, 6) is 0. The van der Waals surface area contributed by atoms with Gasteiger partial charge in [-0.3, -0.25) is 4.31 Å². The number of benzene rings is 4. The molecule has 0 aromatic heterocycles. The van der Waals surface area contributed by atoms with E-state index in [9.17, 15) is 16.8 Å². The van der Waals surface area contributed by atoms with E-state index in [0.29, 0.717) is 16.8 Å². The molecule has 1 heterocycles. The lowest BCUT2D eigenvalue weighted by Gasteiger charge is -2.33. The smallest absolute Gasteiger partial charge is 0.257 e. The van der Waals surface area contributed by atoms with E-state index >= 15 is 0 Å². The summed E-state index contributed by atoms with van der Waals surface area (Å²) in [7, 11) is -7.95. The van der Waals surface area contributed by atoms with Crippen LogP contribution in [0.25, 0.3) is 0 Å². The Balaban J connectivity index is 1.71. The van der Waals surface area contributed by atoms with Crippen molar-refractivity contribution in [3.05, 3.63) is 125 Å². The van der Waals surface area contributed by atoms with Crippen molar-refractivity contribution in [3.63, 3.8) is 0 Å². The number of aryl methyl sites for hydroxylation is 2. The highest BCUT2D eigenvalue weighted by atomic mass is 32.2. The number of rotatable bonds is 5. The lowest BCUT2D eigenvalue weighted by atomic mass is 10.1. The molecular formula is C29H28N2O4S2. The van der Waals surface area contributed by atoms with E-state index in [0.717, 1.165) is 11.1 Å². The van der Waals surface area contributed by atoms with Gasteiger partial charge < -0.3 is 0 Å². The van der Waals surface area contributed by atoms with E-state index in [1.54, 1.807) is 72.8 Å². The number of hydrogen-bond acceptors (Lipinski definition) is 4. The van der Waals surface area contributed by atoms with Crippen LogP contribution < -0.4 is 4.31 Å². The van der Waals surface area contributed by atoms with E-state index in [2.05, 4.69) is 0 Å². The molecule has 1 aliphatic heterocycles. The Kier molecular flexibility index (Phi) is 6.66. The van der Waals surface area contributed by atoms with Gasteiger partial charge in [0.25, 0.3) is 10.0 Å². The molecule has 4 aromatic carbocycles. The summed E-state index contributed by atoms with van der Waals surface area (Å²) in [6, 6.07) is 29.0. The predicted octanol–water partition coefficient (Wildman–Crippen LogP) is 5.44. The molecule has 0 radical (unpaired) electrons. The average Bonchev–Trinajstić information content (AvgIpc) is 3.08. The fourth-order valence-electron chi connectivity index (χ4n) is 4.63. The molecule has 0 unspecified atom stereocenters. The summed E-state index contributed by atoms with van der Waals surface area (Å²) >= 11 is 0. The second-order valence-electron chi connectivity index (χ2n) is 9.28. The summed E-state index contributed by atoms with van der Waals surface area (Å²) in [5, 5.41) is 0. The Hall–Kier alpha value is -3.46. The van der Waals surface area contributed by atoms with Crippen LogP contribution in [-0.2, 0) is 26.6 Å². The SMILES string of the molecule is Cc1ccc(S(=O)(=O)N2Cc3ccccc3N(S(=O)(=O)c3ccc(C)cc3)[C@H](c3ccccc3)C2)cc1. The summed E-state index contributed by atoms with van der Waals surface area (Å²) in [6.45, 7) is 3.81. The van der Waals surface area contributed by atoms with Crippen molar-refractivity contribution in [2.75, 3.05) is 10.8 Å². The molecule has 37 heavy (non-hydrogen) atoms. The van der Waals surface area contributed by atoms with Gasteiger partial charge in [-0.15, -0.1) is 0 Å². The molecular weight excluding hydrogens is 504 g/mol. The highest BCUT2D eigenvalue weighted by Gasteiger charge is 2.40. The Morgan fingerprint density at radius 1 is 0.622 bits per heavy atom. The van der Waals surface area contributed by atoms with Crippen LogP contribution in [0.3, 0.4) is 0 Å². The number of fused-ring (bicyclic) bond motifs is 1. The average molecular weight is 533 g/mol. The van der Waals surface area contributed by atoms with Crippen molar-refractivity contribution in [2.24, 2.45) is 0 Å². The molecule has 4 aromatic rings. The molecule has 0 saturated heterocycles. The maximum absolute atomic E-state index is 14.2. The van der Waals surface area contributed by atoms with E-state index in [4.69, 9.17) is 0 Å². The van der Waals surface area contributed by atoms with Gasteiger partial charge in [-0.05, 0) is 55.3 Å². The third kappa shape index (κ3) is 4.80. The van der Waals surface area contributed by atoms with E-state index in [-0.39, 0.29) is 22.9 Å². The minimum absolute atomic E-state index is 0.0417. The van der Waals surface area contributed by atoms with Crippen molar-refractivity contribution in [3.8, 4) is 0 Å². The molecule has 0 bridgehead atoms. The van der Waals surface area contributed by atoms with Crippen LogP contribution in [0.1, 0.15) is 28.3 Å². The van der Waals surface area contributed by atoms with Gasteiger partial charge in [0.15, 0.2) is 0 Å². The monoisotopic (exact) mass is 532 g/mol. The number of hydrogen-bond donors (Lipinski definition) is 0. The predicted molar refractivity (Wildman–Crippen MR) is 145 cm³/mol. The first-order valence-corrected chi connectivity index (χ1v) is 14.9. The summed E-state index contributed by atoms with van der Waals surface area (Å²) in [4.78, 5) is 0.334. The minimum atomic E-state index is -4.04. The van der Waals surface area contributed by atoms with E-state index in [1.807, 2.05) is 44.2 Å². The first-order chi connectivity index (χ1) is 17.7. The highest BCUT2D eigenvalue weighted by molar-refractivity contribution is 7.93. The molecule has 0 spiro atoms. The van der Waals surface area contributed by atoms with Crippen molar-refractivity contribution in [1.29, 1.82) is 0 Å². The van der Waals surface area contributed by atoms with Crippen LogP contribution in [0.5, 0.6) is 0 Å². The summed E-state index contributed by atoms with van der Waals surface area (Å²) in [5.41, 5.74) is 3.70. The number of nitrogens with zero attached hydrogens (tertiary/aromatic N) is 2. The zero-order valence-electron chi connectivity index (χ0n) is 20.7. The maximum atomic E-state index is 14.2. The third-order valence-electron chi connectivity index (χ3n) is 6.66. The van der Waals surface area contributed by atoms with Gasteiger partial charge in [0.1, 0.15) is 0 Å². The standard InChI is InChI=1S/C29H28N2O4S2/c1-22-12-16-26(17-13-22)36(32,33)30-20-25-10-6-7-11-28(25)31(29(21-30)24-8-4-3-5-9-24)37(34,35)27-18-14-23(2)15-19-27/h3-19,29H,20-21H2,1-2H3/t29-/m0/s1.